The third-order valence-electron chi connectivity index (χ3n) is 3.64. The highest BCUT2D eigenvalue weighted by Gasteiger charge is 2.14. The molecule has 0 saturated heterocycles. The summed E-state index contributed by atoms with van der Waals surface area (Å²) in [6.45, 7) is 0. The minimum Gasteiger partial charge on any atom is -0.478 e. The maximum Gasteiger partial charge on any atom is 0.336 e. The van der Waals surface area contributed by atoms with Gasteiger partial charge in [-0.2, -0.15) is 0 Å². The van der Waals surface area contributed by atoms with E-state index in [0.29, 0.717) is 5.56 Å². The lowest BCUT2D eigenvalue weighted by Crippen LogP contribution is -2.02. The Hall–Kier alpha value is -3.13. The van der Waals surface area contributed by atoms with Gasteiger partial charge >= 0.3 is 5.97 Å². The lowest BCUT2D eigenvalue weighted by Gasteiger charge is -2.12. The van der Waals surface area contributed by atoms with Crippen LogP contribution in [0.1, 0.15) is 27.0 Å². The summed E-state index contributed by atoms with van der Waals surface area (Å²) in [7, 11) is 0. The molecule has 0 spiro atoms. The Bertz CT molecular complexity index is 834. The molecule has 0 radical (unpaired) electrons. The fraction of sp³-hybridized carbons (Fsp3) is 0. The minimum atomic E-state index is -0.921. The number of aromatic carboxylic acids is 1. The fourth-order valence-corrected chi connectivity index (χ4v) is 2.55. The largest absolute Gasteiger partial charge is 0.478 e. The third kappa shape index (κ3) is 3.38. The Balaban J connectivity index is 2.22. The van der Waals surface area contributed by atoms with E-state index in [1.165, 1.54) is 0 Å². The molecule has 0 aliphatic carbocycles. The zero-order valence-electron chi connectivity index (χ0n) is 12.5. The lowest BCUT2D eigenvalue weighted by molar-refractivity contribution is 0.0696. The van der Waals surface area contributed by atoms with Crippen molar-refractivity contribution in [2.24, 2.45) is 0 Å². The van der Waals surface area contributed by atoms with Gasteiger partial charge in [-0.1, -0.05) is 78.9 Å². The van der Waals surface area contributed by atoms with E-state index in [9.17, 15) is 9.90 Å². The average Bonchev–Trinajstić information content (AvgIpc) is 2.61. The number of carbonyl (C=O) groups is 1. The number of rotatable bonds is 4. The molecule has 3 rings (SSSR count). The van der Waals surface area contributed by atoms with Crippen LogP contribution in [0.4, 0.5) is 0 Å². The molecule has 3 aromatic rings. The number of hydrogen-bond acceptors (Lipinski definition) is 1. The van der Waals surface area contributed by atoms with Crippen LogP contribution in [0, 0.1) is 0 Å². The molecule has 0 amide bonds. The molecule has 0 aromatic heterocycles. The van der Waals surface area contributed by atoms with Gasteiger partial charge in [0.25, 0.3) is 0 Å². The minimum absolute atomic E-state index is 0.304. The summed E-state index contributed by atoms with van der Waals surface area (Å²) in [4.78, 5) is 11.6. The summed E-state index contributed by atoms with van der Waals surface area (Å²) in [6.07, 6.45) is 2.02. The first kappa shape index (κ1) is 14.8. The Morgan fingerprint density at radius 2 is 1.22 bits per heavy atom. The monoisotopic (exact) mass is 300 g/mol. The summed E-state index contributed by atoms with van der Waals surface area (Å²) in [5, 5.41) is 9.50. The summed E-state index contributed by atoms with van der Waals surface area (Å²) in [6, 6.07) is 26.9. The van der Waals surface area contributed by atoms with Gasteiger partial charge in [-0.3, -0.25) is 0 Å². The molecule has 2 heteroatoms. The van der Waals surface area contributed by atoms with Crippen LogP contribution in [0.15, 0.2) is 84.9 Å². The number of carboxylic acids is 1. The zero-order valence-corrected chi connectivity index (χ0v) is 12.5. The maximum absolute atomic E-state index is 11.6. The molecule has 0 fully saturated rings. The molecular weight excluding hydrogens is 284 g/mol. The van der Waals surface area contributed by atoms with Gasteiger partial charge in [-0.25, -0.2) is 4.79 Å². The highest BCUT2D eigenvalue weighted by molar-refractivity contribution is 6.00. The molecule has 0 aliphatic rings. The quantitative estimate of drug-likeness (QED) is 0.690. The van der Waals surface area contributed by atoms with Crippen molar-refractivity contribution >= 4 is 17.6 Å². The summed E-state index contributed by atoms with van der Waals surface area (Å²) >= 11 is 0. The summed E-state index contributed by atoms with van der Waals surface area (Å²) in [5.74, 6) is -0.921. The van der Waals surface area contributed by atoms with E-state index in [0.717, 1.165) is 22.3 Å². The van der Waals surface area contributed by atoms with Gasteiger partial charge in [0.15, 0.2) is 0 Å². The molecule has 0 heterocycles. The molecule has 112 valence electrons. The van der Waals surface area contributed by atoms with Crippen LogP contribution in [0.5, 0.6) is 0 Å². The van der Waals surface area contributed by atoms with Gasteiger partial charge < -0.3 is 5.11 Å². The Kier molecular flexibility index (Phi) is 4.34. The molecule has 0 bridgehead atoms. The molecule has 0 atom stereocenters. The van der Waals surface area contributed by atoms with Crippen molar-refractivity contribution in [1.82, 2.24) is 0 Å². The van der Waals surface area contributed by atoms with Crippen LogP contribution in [-0.2, 0) is 0 Å². The van der Waals surface area contributed by atoms with Crippen LogP contribution in [0.3, 0.4) is 0 Å². The SMILES string of the molecule is O=C(O)c1ccccc1/C(=C/c1ccccc1)c1ccccc1. The van der Waals surface area contributed by atoms with E-state index in [-0.39, 0.29) is 0 Å². The predicted octanol–water partition coefficient (Wildman–Crippen LogP) is 4.97. The second kappa shape index (κ2) is 6.75. The number of hydrogen-bond donors (Lipinski definition) is 1. The second-order valence-electron chi connectivity index (χ2n) is 5.19. The van der Waals surface area contributed by atoms with E-state index in [1.807, 2.05) is 78.9 Å². The molecule has 2 nitrogen and oxygen atoms in total. The Morgan fingerprint density at radius 3 is 1.83 bits per heavy atom. The van der Waals surface area contributed by atoms with Crippen molar-refractivity contribution in [2.75, 3.05) is 0 Å². The van der Waals surface area contributed by atoms with E-state index in [1.54, 1.807) is 12.1 Å². The van der Waals surface area contributed by atoms with Crippen molar-refractivity contribution in [1.29, 1.82) is 0 Å². The first-order valence-corrected chi connectivity index (χ1v) is 7.40. The van der Waals surface area contributed by atoms with Gasteiger partial charge in [0.1, 0.15) is 0 Å². The summed E-state index contributed by atoms with van der Waals surface area (Å²) in [5.41, 5.74) is 3.94. The van der Waals surface area contributed by atoms with Crippen molar-refractivity contribution in [2.45, 2.75) is 0 Å². The smallest absolute Gasteiger partial charge is 0.336 e. The Morgan fingerprint density at radius 1 is 0.696 bits per heavy atom. The highest BCUT2D eigenvalue weighted by atomic mass is 16.4. The van der Waals surface area contributed by atoms with E-state index < -0.39 is 5.97 Å². The van der Waals surface area contributed by atoms with E-state index in [2.05, 4.69) is 0 Å². The van der Waals surface area contributed by atoms with E-state index in [4.69, 9.17) is 0 Å². The molecular formula is C21H16O2. The second-order valence-corrected chi connectivity index (χ2v) is 5.19. The fourth-order valence-electron chi connectivity index (χ4n) is 2.55. The topological polar surface area (TPSA) is 37.3 Å². The normalized spacial score (nSPS) is 11.2. The van der Waals surface area contributed by atoms with Crippen LogP contribution in [-0.4, -0.2) is 11.1 Å². The standard InChI is InChI=1S/C21H16O2/c22-21(23)19-14-8-7-13-18(19)20(17-11-5-2-6-12-17)15-16-9-3-1-4-10-16/h1-15H,(H,22,23)/b20-15+. The van der Waals surface area contributed by atoms with Crippen LogP contribution >= 0.6 is 0 Å². The molecule has 0 saturated carbocycles. The van der Waals surface area contributed by atoms with Gasteiger partial charge in [0.05, 0.1) is 5.56 Å². The lowest BCUT2D eigenvalue weighted by atomic mass is 9.92. The van der Waals surface area contributed by atoms with Crippen LogP contribution in [0.2, 0.25) is 0 Å². The average molecular weight is 300 g/mol. The number of carboxylic acid groups (broad SMARTS) is 1. The van der Waals surface area contributed by atoms with Gasteiger partial charge in [-0.15, -0.1) is 0 Å². The Labute approximate surface area is 135 Å². The summed E-state index contributed by atoms with van der Waals surface area (Å²) < 4.78 is 0. The number of benzene rings is 3. The van der Waals surface area contributed by atoms with Gasteiger partial charge in [0.2, 0.25) is 0 Å². The highest BCUT2D eigenvalue weighted by Crippen LogP contribution is 2.28. The van der Waals surface area contributed by atoms with Crippen LogP contribution < -0.4 is 0 Å². The van der Waals surface area contributed by atoms with Crippen molar-refractivity contribution < 1.29 is 9.90 Å². The van der Waals surface area contributed by atoms with Gasteiger partial charge in [0, 0.05) is 0 Å². The molecule has 0 aliphatic heterocycles. The molecule has 1 N–H and O–H groups in total. The van der Waals surface area contributed by atoms with Crippen molar-refractivity contribution in [3.63, 3.8) is 0 Å². The van der Waals surface area contributed by atoms with Gasteiger partial charge in [-0.05, 0) is 34.4 Å². The van der Waals surface area contributed by atoms with Crippen LogP contribution in [0.25, 0.3) is 11.6 Å². The molecule has 3 aromatic carbocycles. The molecule has 0 unspecified atom stereocenters. The predicted molar refractivity (Wildman–Crippen MR) is 93.3 cm³/mol. The zero-order chi connectivity index (χ0) is 16.1. The maximum atomic E-state index is 11.6. The van der Waals surface area contributed by atoms with E-state index >= 15 is 0 Å². The molecule has 23 heavy (non-hydrogen) atoms. The van der Waals surface area contributed by atoms with Crippen molar-refractivity contribution in [3.8, 4) is 0 Å². The third-order valence-corrected chi connectivity index (χ3v) is 3.64. The first-order valence-electron chi connectivity index (χ1n) is 7.40. The van der Waals surface area contributed by atoms with Crippen molar-refractivity contribution in [3.05, 3.63) is 107 Å². The first-order chi connectivity index (χ1) is 11.3.